The SMILES string of the molecule is CCCCCCSC(C(=O)OCC[N+]1(C)CCCC1)(c1ccccc1)c1ccccc1. The molecule has 2 aromatic rings. The molecule has 0 spiro atoms. The highest BCUT2D eigenvalue weighted by molar-refractivity contribution is 8.01. The number of benzene rings is 2. The largest absolute Gasteiger partial charge is 0.458 e. The number of rotatable bonds is 12. The molecular weight excluding hydrogens is 402 g/mol. The van der Waals surface area contributed by atoms with Crippen LogP contribution < -0.4 is 0 Å². The standard InChI is InChI=1S/C27H38NO2S/c1-3-4-5-14-23-31-27(24-15-8-6-9-16-24,25-17-10-7-11-18-25)26(29)30-22-21-28(2)19-12-13-20-28/h6-11,15-18H,3-5,12-14,19-23H2,1-2H3/q+1. The van der Waals surface area contributed by atoms with Crippen LogP contribution in [-0.4, -0.2) is 49.5 Å². The van der Waals surface area contributed by atoms with Gasteiger partial charge in [0, 0.05) is 12.8 Å². The van der Waals surface area contributed by atoms with E-state index in [1.165, 1.54) is 45.2 Å². The highest BCUT2D eigenvalue weighted by atomic mass is 32.2. The van der Waals surface area contributed by atoms with Crippen LogP contribution in [0.3, 0.4) is 0 Å². The number of thioether (sulfide) groups is 1. The topological polar surface area (TPSA) is 26.3 Å². The average Bonchev–Trinajstić information content (AvgIpc) is 3.24. The molecular formula is C27H38NO2S+. The lowest BCUT2D eigenvalue weighted by Gasteiger charge is -2.33. The van der Waals surface area contributed by atoms with Crippen LogP contribution in [0.5, 0.6) is 0 Å². The predicted molar refractivity (Wildman–Crippen MR) is 131 cm³/mol. The second-order valence-electron chi connectivity index (χ2n) is 8.96. The van der Waals surface area contributed by atoms with E-state index < -0.39 is 4.75 Å². The number of carbonyl (C=O) groups is 1. The van der Waals surface area contributed by atoms with E-state index in [1.807, 2.05) is 36.4 Å². The first-order valence-electron chi connectivity index (χ1n) is 11.9. The van der Waals surface area contributed by atoms with E-state index in [4.69, 9.17) is 4.74 Å². The van der Waals surface area contributed by atoms with Gasteiger partial charge in [-0.2, -0.15) is 0 Å². The zero-order valence-corrected chi connectivity index (χ0v) is 20.0. The minimum absolute atomic E-state index is 0.129. The first kappa shape index (κ1) is 23.9. The number of likely N-dealkylation sites (tertiary alicyclic amines) is 1. The summed E-state index contributed by atoms with van der Waals surface area (Å²) in [6.45, 7) is 5.98. The van der Waals surface area contributed by atoms with Crippen LogP contribution in [0, 0.1) is 0 Å². The van der Waals surface area contributed by atoms with Gasteiger partial charge in [-0.05, 0) is 23.3 Å². The number of carbonyl (C=O) groups excluding carboxylic acids is 1. The molecule has 0 saturated carbocycles. The van der Waals surface area contributed by atoms with Crippen molar-refractivity contribution in [2.75, 3.05) is 39.0 Å². The maximum Gasteiger partial charge on any atom is 0.331 e. The van der Waals surface area contributed by atoms with Crippen molar-refractivity contribution in [2.24, 2.45) is 0 Å². The number of likely N-dealkylation sites (N-methyl/N-ethyl adjacent to an activating group) is 1. The molecule has 31 heavy (non-hydrogen) atoms. The fourth-order valence-electron chi connectivity index (χ4n) is 4.51. The van der Waals surface area contributed by atoms with Crippen molar-refractivity contribution in [2.45, 2.75) is 50.2 Å². The Balaban J connectivity index is 1.84. The predicted octanol–water partition coefficient (Wildman–Crippen LogP) is 6.03. The summed E-state index contributed by atoms with van der Waals surface area (Å²) in [6, 6.07) is 20.4. The van der Waals surface area contributed by atoms with Gasteiger partial charge in [-0.1, -0.05) is 86.8 Å². The molecule has 2 aromatic carbocycles. The van der Waals surface area contributed by atoms with E-state index in [9.17, 15) is 4.79 Å². The molecule has 1 fully saturated rings. The number of unbranched alkanes of at least 4 members (excludes halogenated alkanes) is 3. The zero-order valence-electron chi connectivity index (χ0n) is 19.2. The number of hydrogen-bond acceptors (Lipinski definition) is 3. The van der Waals surface area contributed by atoms with Gasteiger partial charge in [0.25, 0.3) is 0 Å². The molecule has 1 aliphatic rings. The van der Waals surface area contributed by atoms with E-state index in [2.05, 4.69) is 38.2 Å². The summed E-state index contributed by atoms with van der Waals surface area (Å²) in [7, 11) is 2.28. The van der Waals surface area contributed by atoms with Crippen molar-refractivity contribution >= 4 is 17.7 Å². The van der Waals surface area contributed by atoms with Gasteiger partial charge in [-0.25, -0.2) is 4.79 Å². The fourth-order valence-corrected chi connectivity index (χ4v) is 5.95. The Labute approximate surface area is 192 Å². The maximum absolute atomic E-state index is 13.8. The Hall–Kier alpha value is -1.78. The van der Waals surface area contributed by atoms with Crippen molar-refractivity contribution in [3.8, 4) is 0 Å². The number of esters is 1. The van der Waals surface area contributed by atoms with Gasteiger partial charge >= 0.3 is 5.97 Å². The maximum atomic E-state index is 13.8. The number of hydrogen-bond donors (Lipinski definition) is 0. The second-order valence-corrected chi connectivity index (χ2v) is 10.3. The minimum atomic E-state index is -0.821. The molecule has 168 valence electrons. The monoisotopic (exact) mass is 440 g/mol. The Kier molecular flexibility index (Phi) is 9.03. The number of nitrogens with zero attached hydrogens (tertiary/aromatic N) is 1. The van der Waals surface area contributed by atoms with E-state index in [0.717, 1.165) is 34.3 Å². The van der Waals surface area contributed by atoms with Crippen LogP contribution >= 0.6 is 11.8 Å². The first-order chi connectivity index (χ1) is 15.1. The lowest BCUT2D eigenvalue weighted by atomic mass is 9.90. The van der Waals surface area contributed by atoms with Gasteiger partial charge in [0.1, 0.15) is 13.2 Å². The summed E-state index contributed by atoms with van der Waals surface area (Å²) in [5, 5.41) is 0. The Morgan fingerprint density at radius 2 is 1.52 bits per heavy atom. The van der Waals surface area contributed by atoms with Gasteiger partial charge in [0.05, 0.1) is 20.1 Å². The Morgan fingerprint density at radius 1 is 0.935 bits per heavy atom. The highest BCUT2D eigenvalue weighted by Gasteiger charge is 2.44. The third kappa shape index (κ3) is 6.14. The summed E-state index contributed by atoms with van der Waals surface area (Å²) in [5.41, 5.74) is 2.02. The summed E-state index contributed by atoms with van der Waals surface area (Å²) >= 11 is 1.74. The average molecular weight is 441 g/mol. The van der Waals surface area contributed by atoms with Crippen LogP contribution in [-0.2, 0) is 14.3 Å². The molecule has 0 amide bonds. The van der Waals surface area contributed by atoms with Gasteiger partial charge < -0.3 is 9.22 Å². The van der Waals surface area contributed by atoms with Gasteiger partial charge in [0.15, 0.2) is 4.75 Å². The number of quaternary nitrogens is 1. The lowest BCUT2D eigenvalue weighted by Crippen LogP contribution is -2.45. The molecule has 0 aliphatic carbocycles. The molecule has 0 N–H and O–H groups in total. The Morgan fingerprint density at radius 3 is 2.06 bits per heavy atom. The smallest absolute Gasteiger partial charge is 0.331 e. The van der Waals surface area contributed by atoms with Crippen molar-refractivity contribution in [3.63, 3.8) is 0 Å². The molecule has 3 nitrogen and oxygen atoms in total. The van der Waals surface area contributed by atoms with Crippen LogP contribution in [0.25, 0.3) is 0 Å². The van der Waals surface area contributed by atoms with Crippen molar-refractivity contribution in [1.29, 1.82) is 0 Å². The van der Waals surface area contributed by atoms with E-state index in [-0.39, 0.29) is 5.97 Å². The third-order valence-electron chi connectivity index (χ3n) is 6.47. The van der Waals surface area contributed by atoms with E-state index >= 15 is 0 Å². The molecule has 1 heterocycles. The second kappa shape index (κ2) is 11.7. The van der Waals surface area contributed by atoms with Crippen LogP contribution in [0.4, 0.5) is 0 Å². The normalized spacial score (nSPS) is 15.7. The number of ether oxygens (including phenoxy) is 1. The van der Waals surface area contributed by atoms with Gasteiger partial charge in [-0.15, -0.1) is 11.8 Å². The minimum Gasteiger partial charge on any atom is -0.458 e. The molecule has 1 saturated heterocycles. The lowest BCUT2D eigenvalue weighted by molar-refractivity contribution is -0.897. The highest BCUT2D eigenvalue weighted by Crippen LogP contribution is 2.44. The fraction of sp³-hybridized carbons (Fsp3) is 0.519. The summed E-state index contributed by atoms with van der Waals surface area (Å²) in [5.74, 6) is 0.809. The third-order valence-corrected chi connectivity index (χ3v) is 8.04. The van der Waals surface area contributed by atoms with Gasteiger partial charge in [-0.3, -0.25) is 0 Å². The molecule has 0 atom stereocenters. The first-order valence-corrected chi connectivity index (χ1v) is 12.8. The molecule has 1 aliphatic heterocycles. The van der Waals surface area contributed by atoms with Crippen molar-refractivity contribution in [3.05, 3.63) is 71.8 Å². The van der Waals surface area contributed by atoms with Crippen LogP contribution in [0.2, 0.25) is 0 Å². The van der Waals surface area contributed by atoms with Crippen LogP contribution in [0.1, 0.15) is 56.6 Å². The van der Waals surface area contributed by atoms with E-state index in [0.29, 0.717) is 6.61 Å². The summed E-state index contributed by atoms with van der Waals surface area (Å²) < 4.78 is 6.24. The Bertz CT molecular complexity index is 748. The van der Waals surface area contributed by atoms with E-state index in [1.54, 1.807) is 11.8 Å². The molecule has 0 aromatic heterocycles. The van der Waals surface area contributed by atoms with Gasteiger partial charge in [0.2, 0.25) is 0 Å². The molecule has 0 unspecified atom stereocenters. The molecule has 0 bridgehead atoms. The zero-order chi connectivity index (χ0) is 22.0. The molecule has 3 rings (SSSR count). The van der Waals surface area contributed by atoms with Crippen molar-refractivity contribution < 1.29 is 14.0 Å². The quantitative estimate of drug-likeness (QED) is 0.229. The molecule has 0 radical (unpaired) electrons. The summed E-state index contributed by atoms with van der Waals surface area (Å²) in [4.78, 5) is 13.8. The van der Waals surface area contributed by atoms with Crippen LogP contribution in [0.15, 0.2) is 60.7 Å². The van der Waals surface area contributed by atoms with Crippen molar-refractivity contribution in [1.82, 2.24) is 0 Å². The molecule has 4 heteroatoms. The summed E-state index contributed by atoms with van der Waals surface area (Å²) in [6.07, 6.45) is 7.32.